The molecule has 0 aliphatic carbocycles. The second kappa shape index (κ2) is 2.59. The van der Waals surface area contributed by atoms with Crippen LogP contribution in [-0.4, -0.2) is 17.2 Å². The highest BCUT2D eigenvalue weighted by Gasteiger charge is 2.28. The fourth-order valence-corrected chi connectivity index (χ4v) is 0.547. The summed E-state index contributed by atoms with van der Waals surface area (Å²) < 4.78 is 39.9. The molecule has 60 valence electrons. The summed E-state index contributed by atoms with van der Waals surface area (Å²) in [4.78, 5) is 0. The third-order valence-electron chi connectivity index (χ3n) is 1.02. The third kappa shape index (κ3) is 1.24. The van der Waals surface area contributed by atoms with Gasteiger partial charge in [-0.1, -0.05) is 0 Å². The van der Waals surface area contributed by atoms with Gasteiger partial charge < -0.3 is 14.5 Å². The van der Waals surface area contributed by atoms with Crippen LogP contribution in [0.1, 0.15) is 0 Å². The third-order valence-corrected chi connectivity index (χ3v) is 1.02. The zero-order chi connectivity index (χ0) is 8.59. The van der Waals surface area contributed by atoms with Crippen LogP contribution < -0.4 is 5.66 Å². The highest BCUT2D eigenvalue weighted by molar-refractivity contribution is 6.57. The average molecular weight is 166 g/mol. The Hall–Kier alpha value is -0.945. The average Bonchev–Trinajstić information content (AvgIpc) is 2.17. The zero-order valence-electron chi connectivity index (χ0n) is 5.01. The Morgan fingerprint density at radius 3 is 1.82 bits per heavy atom. The zero-order valence-corrected chi connectivity index (χ0v) is 5.01. The lowest BCUT2D eigenvalue weighted by Crippen LogP contribution is -2.31. The molecule has 0 fully saturated rings. The van der Waals surface area contributed by atoms with Crippen LogP contribution in [-0.2, 0) is 0 Å². The van der Waals surface area contributed by atoms with Crippen molar-refractivity contribution < 1.29 is 27.6 Å². The summed E-state index contributed by atoms with van der Waals surface area (Å²) in [6.07, 6.45) is 0. The summed E-state index contributed by atoms with van der Waals surface area (Å²) in [6.45, 7) is 0. The lowest BCUT2D eigenvalue weighted by Gasteiger charge is -1.89. The molecule has 0 saturated heterocycles. The lowest BCUT2D eigenvalue weighted by atomic mass is 9.87. The molecule has 0 amide bonds. The van der Waals surface area contributed by atoms with Crippen molar-refractivity contribution in [1.29, 1.82) is 0 Å². The molecule has 1 heterocycles. The molecule has 7 heteroatoms. The van der Waals surface area contributed by atoms with Crippen molar-refractivity contribution >= 4 is 12.8 Å². The quantitative estimate of drug-likeness (QED) is 0.546. The van der Waals surface area contributed by atoms with Crippen LogP contribution in [0.4, 0.5) is 13.2 Å². The van der Waals surface area contributed by atoms with Gasteiger partial charge in [0.2, 0.25) is 5.82 Å². The van der Waals surface area contributed by atoms with Crippen molar-refractivity contribution in [2.75, 3.05) is 0 Å². The minimum atomic E-state index is -2.35. The number of hydrogen-bond donors (Lipinski definition) is 2. The van der Waals surface area contributed by atoms with Crippen LogP contribution in [0.25, 0.3) is 0 Å². The topological polar surface area (TPSA) is 53.6 Å². The Labute approximate surface area is 59.2 Å². The summed E-state index contributed by atoms with van der Waals surface area (Å²) in [5.41, 5.74) is -1.17. The van der Waals surface area contributed by atoms with Crippen molar-refractivity contribution in [3.8, 4) is 0 Å². The lowest BCUT2D eigenvalue weighted by molar-refractivity contribution is 0.325. The number of hydrogen-bond acceptors (Lipinski definition) is 3. The van der Waals surface area contributed by atoms with Crippen molar-refractivity contribution in [2.24, 2.45) is 0 Å². The van der Waals surface area contributed by atoms with Gasteiger partial charge in [-0.2, -0.15) is 8.78 Å². The normalized spacial score (nSPS) is 10.3. The minimum Gasteiger partial charge on any atom is -0.435 e. The van der Waals surface area contributed by atoms with Gasteiger partial charge in [0, 0.05) is 0 Å². The van der Waals surface area contributed by atoms with E-state index in [-0.39, 0.29) is 0 Å². The Morgan fingerprint density at radius 2 is 1.64 bits per heavy atom. The second-order valence-corrected chi connectivity index (χ2v) is 1.74. The van der Waals surface area contributed by atoms with Gasteiger partial charge in [-0.15, -0.1) is 0 Å². The fraction of sp³-hybridized carbons (Fsp3) is 0. The summed E-state index contributed by atoms with van der Waals surface area (Å²) in [5, 5.41) is 16.5. The van der Waals surface area contributed by atoms with E-state index in [0.717, 1.165) is 0 Å². The van der Waals surface area contributed by atoms with Crippen LogP contribution in [0, 0.1) is 17.6 Å². The highest BCUT2D eigenvalue weighted by atomic mass is 19.2. The molecule has 0 aliphatic rings. The molecule has 0 saturated carbocycles. The molecule has 0 aliphatic heterocycles. The van der Waals surface area contributed by atoms with Crippen LogP contribution in [0.5, 0.6) is 0 Å². The van der Waals surface area contributed by atoms with Gasteiger partial charge in [0.1, 0.15) is 0 Å². The number of furan rings is 1. The molecule has 1 aromatic heterocycles. The maximum absolute atomic E-state index is 12.2. The standard InChI is InChI=1S/C4H2BF3O3/c6-1-2(7)4(8)11-3(1)5(9)10/h9-10H. The van der Waals surface area contributed by atoms with E-state index >= 15 is 0 Å². The first kappa shape index (κ1) is 8.15. The van der Waals surface area contributed by atoms with Crippen LogP contribution in [0.3, 0.4) is 0 Å². The van der Waals surface area contributed by atoms with Crippen LogP contribution in [0.15, 0.2) is 4.42 Å². The van der Waals surface area contributed by atoms with E-state index in [9.17, 15) is 13.2 Å². The molecule has 0 unspecified atom stereocenters. The Kier molecular flexibility index (Phi) is 1.92. The highest BCUT2D eigenvalue weighted by Crippen LogP contribution is 2.09. The molecule has 3 nitrogen and oxygen atoms in total. The molecule has 2 N–H and O–H groups in total. The van der Waals surface area contributed by atoms with E-state index in [1.165, 1.54) is 0 Å². The molecule has 11 heavy (non-hydrogen) atoms. The minimum absolute atomic E-state index is 1.17. The Morgan fingerprint density at radius 1 is 1.09 bits per heavy atom. The maximum Gasteiger partial charge on any atom is 0.529 e. The number of rotatable bonds is 1. The molecule has 0 atom stereocenters. The molecule has 0 spiro atoms. The Balaban J connectivity index is 3.19. The van der Waals surface area contributed by atoms with Gasteiger partial charge in [0.15, 0.2) is 11.5 Å². The van der Waals surface area contributed by atoms with Gasteiger partial charge in [0.05, 0.1) is 0 Å². The smallest absolute Gasteiger partial charge is 0.435 e. The van der Waals surface area contributed by atoms with Gasteiger partial charge in [-0.25, -0.2) is 4.39 Å². The van der Waals surface area contributed by atoms with E-state index in [0.29, 0.717) is 0 Å². The van der Waals surface area contributed by atoms with Crippen molar-refractivity contribution in [1.82, 2.24) is 0 Å². The van der Waals surface area contributed by atoms with Gasteiger partial charge in [0.25, 0.3) is 0 Å². The molecule has 1 rings (SSSR count). The number of halogens is 3. The molecule has 0 bridgehead atoms. The molecular formula is C4H2BF3O3. The van der Waals surface area contributed by atoms with E-state index in [2.05, 4.69) is 4.42 Å². The maximum atomic E-state index is 12.2. The summed E-state index contributed by atoms with van der Waals surface area (Å²) >= 11 is 0. The van der Waals surface area contributed by atoms with E-state index in [1.54, 1.807) is 0 Å². The largest absolute Gasteiger partial charge is 0.529 e. The van der Waals surface area contributed by atoms with E-state index < -0.39 is 30.4 Å². The predicted octanol–water partition coefficient (Wildman–Crippen LogP) is -0.623. The monoisotopic (exact) mass is 166 g/mol. The molecule has 1 aromatic rings. The van der Waals surface area contributed by atoms with Crippen molar-refractivity contribution in [2.45, 2.75) is 0 Å². The van der Waals surface area contributed by atoms with Gasteiger partial charge >= 0.3 is 13.1 Å². The molecule has 0 radical (unpaired) electrons. The molecular weight excluding hydrogens is 164 g/mol. The summed E-state index contributed by atoms with van der Waals surface area (Å²) in [5.74, 6) is -3.58. The first-order chi connectivity index (χ1) is 5.04. The first-order valence-electron chi connectivity index (χ1n) is 2.53. The van der Waals surface area contributed by atoms with Gasteiger partial charge in [-0.3, -0.25) is 0 Å². The summed E-state index contributed by atoms with van der Waals surface area (Å²) in [7, 11) is -2.35. The van der Waals surface area contributed by atoms with Crippen molar-refractivity contribution in [3.63, 3.8) is 0 Å². The SMILES string of the molecule is OB(O)c1oc(F)c(F)c1F. The van der Waals surface area contributed by atoms with Crippen LogP contribution >= 0.6 is 0 Å². The fourth-order valence-electron chi connectivity index (χ4n) is 0.547. The first-order valence-corrected chi connectivity index (χ1v) is 2.53. The van der Waals surface area contributed by atoms with Crippen molar-refractivity contribution in [3.05, 3.63) is 17.6 Å². The predicted molar refractivity (Wildman–Crippen MR) is 28.4 cm³/mol. The van der Waals surface area contributed by atoms with E-state index in [4.69, 9.17) is 10.0 Å². The molecule has 0 aromatic carbocycles. The summed E-state index contributed by atoms with van der Waals surface area (Å²) in [6, 6.07) is -1.80. The van der Waals surface area contributed by atoms with Crippen LogP contribution in [0.2, 0.25) is 0 Å². The van der Waals surface area contributed by atoms with E-state index in [1.807, 2.05) is 0 Å². The Bertz CT molecular complexity index is 272. The van der Waals surface area contributed by atoms with Gasteiger partial charge in [-0.05, 0) is 0 Å². The second-order valence-electron chi connectivity index (χ2n) is 1.74.